The minimum absolute atomic E-state index is 0.431. The Balaban J connectivity index is 2.86. The lowest BCUT2D eigenvalue weighted by Gasteiger charge is -2.04. The number of methoxy groups -OCH3 is 1. The molecule has 0 aliphatic heterocycles. The van der Waals surface area contributed by atoms with E-state index in [0.717, 1.165) is 14.9 Å². The summed E-state index contributed by atoms with van der Waals surface area (Å²) in [6, 6.07) is 5.80. The molecule has 0 aliphatic rings. The van der Waals surface area contributed by atoms with E-state index in [0.29, 0.717) is 6.61 Å². The molecule has 0 saturated heterocycles. The van der Waals surface area contributed by atoms with Crippen molar-refractivity contribution in [3.63, 3.8) is 0 Å². The van der Waals surface area contributed by atoms with Crippen LogP contribution in [0.2, 0.25) is 0 Å². The van der Waals surface area contributed by atoms with E-state index in [9.17, 15) is 0 Å². The van der Waals surface area contributed by atoms with Crippen molar-refractivity contribution in [1.82, 2.24) is 0 Å². The number of benzene rings is 1. The Morgan fingerprint density at radius 3 is 2.75 bits per heavy atom. The van der Waals surface area contributed by atoms with E-state index < -0.39 is 0 Å². The average Bonchev–Trinajstić information content (AvgIpc) is 2.05. The molecule has 0 amide bonds. The van der Waals surface area contributed by atoms with Gasteiger partial charge < -0.3 is 4.74 Å². The summed E-state index contributed by atoms with van der Waals surface area (Å²) in [7, 11) is 1.65. The first kappa shape index (κ1) is 9.76. The lowest BCUT2D eigenvalue weighted by atomic mass is 10.2. The maximum absolute atomic E-state index is 5.10. The second kappa shape index (κ2) is 4.64. The van der Waals surface area contributed by atoms with Gasteiger partial charge in [0.15, 0.2) is 0 Å². The van der Waals surface area contributed by atoms with E-state index in [1.54, 1.807) is 7.11 Å². The SMILES string of the molecule is COc1ccc(CON)cc1I. The van der Waals surface area contributed by atoms with Crippen LogP contribution in [0.1, 0.15) is 5.56 Å². The van der Waals surface area contributed by atoms with Gasteiger partial charge >= 0.3 is 0 Å². The highest BCUT2D eigenvalue weighted by atomic mass is 127. The summed E-state index contributed by atoms with van der Waals surface area (Å²) in [5.74, 6) is 5.82. The van der Waals surface area contributed by atoms with Crippen molar-refractivity contribution in [3.8, 4) is 5.75 Å². The van der Waals surface area contributed by atoms with Gasteiger partial charge in [0.05, 0.1) is 17.3 Å². The fraction of sp³-hybridized carbons (Fsp3) is 0.250. The molecule has 0 bridgehead atoms. The Bertz CT molecular complexity index is 265. The third kappa shape index (κ3) is 2.33. The first-order valence-corrected chi connectivity index (χ1v) is 4.50. The quantitative estimate of drug-likeness (QED) is 0.676. The number of halogens is 1. The fourth-order valence-corrected chi connectivity index (χ4v) is 1.70. The first-order valence-electron chi connectivity index (χ1n) is 3.42. The second-order valence-corrected chi connectivity index (χ2v) is 3.44. The van der Waals surface area contributed by atoms with E-state index >= 15 is 0 Å². The van der Waals surface area contributed by atoms with Gasteiger partial charge in [-0.05, 0) is 40.3 Å². The van der Waals surface area contributed by atoms with Gasteiger partial charge in [-0.1, -0.05) is 6.07 Å². The molecule has 1 rings (SSSR count). The van der Waals surface area contributed by atoms with Crippen molar-refractivity contribution in [2.75, 3.05) is 7.11 Å². The normalized spacial score (nSPS) is 9.92. The number of hydrogen-bond donors (Lipinski definition) is 1. The van der Waals surface area contributed by atoms with E-state index in [1.165, 1.54) is 0 Å². The van der Waals surface area contributed by atoms with Gasteiger partial charge in [0.2, 0.25) is 0 Å². The van der Waals surface area contributed by atoms with Crippen LogP contribution in [0.4, 0.5) is 0 Å². The van der Waals surface area contributed by atoms with Crippen LogP contribution in [0.5, 0.6) is 5.75 Å². The Labute approximate surface area is 84.9 Å². The smallest absolute Gasteiger partial charge is 0.132 e. The minimum Gasteiger partial charge on any atom is -0.496 e. The molecule has 0 aliphatic carbocycles. The zero-order valence-electron chi connectivity index (χ0n) is 6.71. The van der Waals surface area contributed by atoms with Gasteiger partial charge in [-0.3, -0.25) is 4.84 Å². The van der Waals surface area contributed by atoms with E-state index in [2.05, 4.69) is 27.4 Å². The predicted molar refractivity (Wildman–Crippen MR) is 54.7 cm³/mol. The van der Waals surface area contributed by atoms with Crippen molar-refractivity contribution in [1.29, 1.82) is 0 Å². The molecular weight excluding hydrogens is 269 g/mol. The third-order valence-corrected chi connectivity index (χ3v) is 2.31. The lowest BCUT2D eigenvalue weighted by molar-refractivity contribution is 0.124. The van der Waals surface area contributed by atoms with E-state index in [-0.39, 0.29) is 0 Å². The Kier molecular flexibility index (Phi) is 3.77. The minimum atomic E-state index is 0.431. The topological polar surface area (TPSA) is 44.5 Å². The van der Waals surface area contributed by atoms with Crippen molar-refractivity contribution in [2.24, 2.45) is 5.90 Å². The van der Waals surface area contributed by atoms with Crippen LogP contribution >= 0.6 is 22.6 Å². The van der Waals surface area contributed by atoms with Crippen molar-refractivity contribution < 1.29 is 9.57 Å². The van der Waals surface area contributed by atoms with E-state index in [4.69, 9.17) is 10.6 Å². The molecule has 0 atom stereocenters. The van der Waals surface area contributed by atoms with Crippen LogP contribution in [0.15, 0.2) is 18.2 Å². The molecule has 12 heavy (non-hydrogen) atoms. The van der Waals surface area contributed by atoms with Crippen molar-refractivity contribution >= 4 is 22.6 Å². The number of nitrogens with two attached hydrogens (primary N) is 1. The Hall–Kier alpha value is -0.330. The van der Waals surface area contributed by atoms with Gasteiger partial charge in [-0.2, -0.15) is 0 Å². The highest BCUT2D eigenvalue weighted by Gasteiger charge is 2.00. The molecule has 3 nitrogen and oxygen atoms in total. The van der Waals surface area contributed by atoms with Crippen molar-refractivity contribution in [2.45, 2.75) is 6.61 Å². The van der Waals surface area contributed by atoms with Gasteiger partial charge in [0, 0.05) is 0 Å². The number of ether oxygens (including phenoxy) is 1. The molecule has 0 unspecified atom stereocenters. The summed E-state index contributed by atoms with van der Waals surface area (Å²) in [6.07, 6.45) is 0. The van der Waals surface area contributed by atoms with Gasteiger partial charge in [-0.15, -0.1) is 0 Å². The van der Waals surface area contributed by atoms with Gasteiger partial charge in [-0.25, -0.2) is 5.90 Å². The standard InChI is InChI=1S/C8H10INO2/c1-11-8-3-2-6(5-12-10)4-7(8)9/h2-4H,5,10H2,1H3. The van der Waals surface area contributed by atoms with Crippen LogP contribution in [-0.2, 0) is 11.4 Å². The summed E-state index contributed by atoms with van der Waals surface area (Å²) in [5.41, 5.74) is 1.04. The lowest BCUT2D eigenvalue weighted by Crippen LogP contribution is -1.99. The molecule has 2 N–H and O–H groups in total. The zero-order chi connectivity index (χ0) is 8.97. The van der Waals surface area contributed by atoms with E-state index in [1.807, 2.05) is 18.2 Å². The number of rotatable bonds is 3. The summed E-state index contributed by atoms with van der Waals surface area (Å²) in [5, 5.41) is 0. The zero-order valence-corrected chi connectivity index (χ0v) is 8.87. The fourth-order valence-electron chi connectivity index (χ4n) is 0.896. The molecule has 4 heteroatoms. The maximum Gasteiger partial charge on any atom is 0.132 e. The summed E-state index contributed by atoms with van der Waals surface area (Å²) < 4.78 is 6.16. The Morgan fingerprint density at radius 2 is 2.25 bits per heavy atom. The molecule has 1 aromatic carbocycles. The average molecular weight is 279 g/mol. The molecule has 0 radical (unpaired) electrons. The molecule has 0 spiro atoms. The molecule has 1 aromatic rings. The van der Waals surface area contributed by atoms with Crippen LogP contribution in [0.3, 0.4) is 0 Å². The first-order chi connectivity index (χ1) is 5.77. The predicted octanol–water partition coefficient (Wildman–Crippen LogP) is 1.69. The highest BCUT2D eigenvalue weighted by Crippen LogP contribution is 2.21. The van der Waals surface area contributed by atoms with Crippen molar-refractivity contribution in [3.05, 3.63) is 27.3 Å². The van der Waals surface area contributed by atoms with Crippen LogP contribution in [0.25, 0.3) is 0 Å². The molecule has 0 fully saturated rings. The summed E-state index contributed by atoms with van der Waals surface area (Å²) in [6.45, 7) is 0.431. The summed E-state index contributed by atoms with van der Waals surface area (Å²) >= 11 is 2.20. The van der Waals surface area contributed by atoms with Gasteiger partial charge in [0.25, 0.3) is 0 Å². The molecule has 0 heterocycles. The number of hydrogen-bond acceptors (Lipinski definition) is 3. The second-order valence-electron chi connectivity index (χ2n) is 2.28. The Morgan fingerprint density at radius 1 is 1.50 bits per heavy atom. The highest BCUT2D eigenvalue weighted by molar-refractivity contribution is 14.1. The molecule has 0 aromatic heterocycles. The molecular formula is C8H10INO2. The monoisotopic (exact) mass is 279 g/mol. The third-order valence-electron chi connectivity index (χ3n) is 1.47. The summed E-state index contributed by atoms with van der Waals surface area (Å²) in [4.78, 5) is 4.51. The maximum atomic E-state index is 5.10. The van der Waals surface area contributed by atoms with Crippen LogP contribution < -0.4 is 10.6 Å². The van der Waals surface area contributed by atoms with Crippen LogP contribution in [-0.4, -0.2) is 7.11 Å². The van der Waals surface area contributed by atoms with Crippen LogP contribution in [0, 0.1) is 3.57 Å². The molecule has 66 valence electrons. The largest absolute Gasteiger partial charge is 0.496 e. The van der Waals surface area contributed by atoms with Gasteiger partial charge in [0.1, 0.15) is 5.75 Å². The molecule has 0 saturated carbocycles.